The molecule has 0 spiro atoms. The van der Waals surface area contributed by atoms with Gasteiger partial charge >= 0.3 is 6.18 Å². The molecule has 2 N–H and O–H groups in total. The standard InChI is InChI=1S/C19H17ClF3N3O5S/c1-2-26(9-17(27)24-13-6-4-3-5-11(13)19(21,22)23)32(29,30)16-8-15-14(7-12(16)20)25-18(28)10-31-15/h3-8H,2,9-10H2,1H3,(H,24,27)(H,25,28). The molecule has 0 saturated carbocycles. The number of amides is 2. The number of anilines is 2. The largest absolute Gasteiger partial charge is 0.482 e. The number of fused-ring (bicyclic) bond motifs is 1. The van der Waals surface area contributed by atoms with Crippen molar-refractivity contribution in [3.8, 4) is 5.75 Å². The van der Waals surface area contributed by atoms with Crippen molar-refractivity contribution in [1.82, 2.24) is 4.31 Å². The lowest BCUT2D eigenvalue weighted by Gasteiger charge is -2.23. The molecule has 0 saturated heterocycles. The highest BCUT2D eigenvalue weighted by molar-refractivity contribution is 7.89. The Morgan fingerprint density at radius 3 is 2.62 bits per heavy atom. The van der Waals surface area contributed by atoms with E-state index in [-0.39, 0.29) is 34.5 Å². The molecule has 0 atom stereocenters. The molecule has 172 valence electrons. The van der Waals surface area contributed by atoms with E-state index in [1.165, 1.54) is 25.1 Å². The number of likely N-dealkylation sites (N-methyl/N-ethyl adjacent to an activating group) is 1. The van der Waals surface area contributed by atoms with E-state index in [1.807, 2.05) is 0 Å². The average Bonchev–Trinajstić information content (AvgIpc) is 2.70. The lowest BCUT2D eigenvalue weighted by atomic mass is 10.1. The van der Waals surface area contributed by atoms with Gasteiger partial charge in [0.2, 0.25) is 15.9 Å². The quantitative estimate of drug-likeness (QED) is 0.645. The van der Waals surface area contributed by atoms with Gasteiger partial charge in [-0.15, -0.1) is 0 Å². The zero-order chi connectivity index (χ0) is 23.7. The third-order valence-electron chi connectivity index (χ3n) is 4.46. The molecule has 0 unspecified atom stereocenters. The minimum absolute atomic E-state index is 0.0761. The molecule has 2 amide bonds. The summed E-state index contributed by atoms with van der Waals surface area (Å²) in [6.07, 6.45) is -4.70. The number of halogens is 4. The van der Waals surface area contributed by atoms with Crippen molar-refractivity contribution in [2.75, 3.05) is 30.3 Å². The van der Waals surface area contributed by atoms with Crippen molar-refractivity contribution in [2.45, 2.75) is 18.0 Å². The van der Waals surface area contributed by atoms with Gasteiger partial charge in [0, 0.05) is 12.6 Å². The van der Waals surface area contributed by atoms with E-state index in [2.05, 4.69) is 10.6 Å². The summed E-state index contributed by atoms with van der Waals surface area (Å²) in [5, 5.41) is 4.37. The fraction of sp³-hybridized carbons (Fsp3) is 0.263. The average molecular weight is 492 g/mol. The Morgan fingerprint density at radius 2 is 1.97 bits per heavy atom. The lowest BCUT2D eigenvalue weighted by molar-refractivity contribution is -0.137. The van der Waals surface area contributed by atoms with Gasteiger partial charge in [0.05, 0.1) is 28.5 Å². The van der Waals surface area contributed by atoms with Gasteiger partial charge in [-0.05, 0) is 18.2 Å². The topological polar surface area (TPSA) is 105 Å². The summed E-state index contributed by atoms with van der Waals surface area (Å²) in [5.41, 5.74) is -1.36. The predicted molar refractivity (Wildman–Crippen MR) is 110 cm³/mol. The van der Waals surface area contributed by atoms with Crippen LogP contribution in [0.3, 0.4) is 0 Å². The van der Waals surface area contributed by atoms with Gasteiger partial charge in [-0.25, -0.2) is 8.42 Å². The second kappa shape index (κ2) is 8.96. The van der Waals surface area contributed by atoms with Crippen molar-refractivity contribution in [3.05, 3.63) is 47.0 Å². The zero-order valence-electron chi connectivity index (χ0n) is 16.5. The molecule has 0 bridgehead atoms. The van der Waals surface area contributed by atoms with Crippen LogP contribution in [0.2, 0.25) is 5.02 Å². The van der Waals surface area contributed by atoms with Gasteiger partial charge in [0.15, 0.2) is 6.61 Å². The number of nitrogens with one attached hydrogen (secondary N) is 2. The van der Waals surface area contributed by atoms with Crippen molar-refractivity contribution in [3.63, 3.8) is 0 Å². The number of sulfonamides is 1. The molecular formula is C19H17ClF3N3O5S. The zero-order valence-corrected chi connectivity index (χ0v) is 18.1. The SMILES string of the molecule is CCN(CC(=O)Nc1ccccc1C(F)(F)F)S(=O)(=O)c1cc2c(cc1Cl)NC(=O)CO2. The maximum absolute atomic E-state index is 13.1. The maximum Gasteiger partial charge on any atom is 0.418 e. The molecule has 0 aromatic heterocycles. The lowest BCUT2D eigenvalue weighted by Crippen LogP contribution is -2.38. The number of benzene rings is 2. The summed E-state index contributed by atoms with van der Waals surface area (Å²) in [4.78, 5) is 23.4. The number of hydrogen-bond acceptors (Lipinski definition) is 5. The summed E-state index contributed by atoms with van der Waals surface area (Å²) in [6.45, 7) is 0.224. The van der Waals surface area contributed by atoms with Crippen molar-refractivity contribution in [1.29, 1.82) is 0 Å². The Bertz CT molecular complexity index is 1170. The summed E-state index contributed by atoms with van der Waals surface area (Å²) in [7, 11) is -4.33. The Balaban J connectivity index is 1.84. The Kier molecular flexibility index (Phi) is 6.67. The minimum Gasteiger partial charge on any atom is -0.482 e. The molecule has 1 aliphatic heterocycles. The number of para-hydroxylation sites is 1. The number of carbonyl (C=O) groups excluding carboxylic acids is 2. The van der Waals surface area contributed by atoms with Crippen LogP contribution in [0.25, 0.3) is 0 Å². The van der Waals surface area contributed by atoms with Gasteiger partial charge in [-0.2, -0.15) is 17.5 Å². The summed E-state index contributed by atoms with van der Waals surface area (Å²) >= 11 is 6.09. The van der Waals surface area contributed by atoms with Crippen LogP contribution in [0.5, 0.6) is 5.75 Å². The Morgan fingerprint density at radius 1 is 1.28 bits per heavy atom. The van der Waals surface area contributed by atoms with E-state index in [0.29, 0.717) is 0 Å². The van der Waals surface area contributed by atoms with Gasteiger partial charge in [0.1, 0.15) is 10.6 Å². The van der Waals surface area contributed by atoms with Crippen LogP contribution in [0.4, 0.5) is 24.5 Å². The summed E-state index contributed by atoms with van der Waals surface area (Å²) < 4.78 is 71.5. The highest BCUT2D eigenvalue weighted by atomic mass is 35.5. The summed E-state index contributed by atoms with van der Waals surface area (Å²) in [5.74, 6) is -1.33. The number of rotatable bonds is 6. The molecule has 0 aliphatic carbocycles. The van der Waals surface area contributed by atoms with E-state index >= 15 is 0 Å². The normalized spacial score (nSPS) is 13.9. The molecule has 8 nitrogen and oxygen atoms in total. The Hall–Kier alpha value is -2.83. The number of hydrogen-bond donors (Lipinski definition) is 2. The third kappa shape index (κ3) is 4.97. The molecule has 1 heterocycles. The van der Waals surface area contributed by atoms with E-state index in [4.69, 9.17) is 16.3 Å². The van der Waals surface area contributed by atoms with Crippen molar-refractivity contribution >= 4 is 44.8 Å². The summed E-state index contributed by atoms with van der Waals surface area (Å²) in [6, 6.07) is 6.67. The van der Waals surface area contributed by atoms with Gasteiger partial charge in [-0.1, -0.05) is 30.7 Å². The number of ether oxygens (including phenoxy) is 1. The van der Waals surface area contributed by atoms with Crippen LogP contribution < -0.4 is 15.4 Å². The molecular weight excluding hydrogens is 475 g/mol. The molecule has 3 rings (SSSR count). The fourth-order valence-electron chi connectivity index (χ4n) is 2.97. The Labute approximate surface area is 186 Å². The molecule has 0 fully saturated rings. The predicted octanol–water partition coefficient (Wildman–Crippen LogP) is 3.34. The van der Waals surface area contributed by atoms with Gasteiger partial charge in [0.25, 0.3) is 5.91 Å². The minimum atomic E-state index is -4.70. The van der Waals surface area contributed by atoms with Crippen LogP contribution in [0, 0.1) is 0 Å². The van der Waals surface area contributed by atoms with E-state index < -0.39 is 45.8 Å². The highest BCUT2D eigenvalue weighted by Crippen LogP contribution is 2.37. The van der Waals surface area contributed by atoms with E-state index in [0.717, 1.165) is 22.5 Å². The highest BCUT2D eigenvalue weighted by Gasteiger charge is 2.34. The van der Waals surface area contributed by atoms with Crippen LogP contribution in [-0.2, 0) is 25.8 Å². The number of carbonyl (C=O) groups is 2. The van der Waals surface area contributed by atoms with Gasteiger partial charge in [-0.3, -0.25) is 9.59 Å². The second-order valence-corrected chi connectivity index (χ2v) is 8.95. The second-order valence-electron chi connectivity index (χ2n) is 6.64. The first-order valence-corrected chi connectivity index (χ1v) is 11.0. The van der Waals surface area contributed by atoms with Gasteiger partial charge < -0.3 is 15.4 Å². The molecule has 0 radical (unpaired) electrons. The monoisotopic (exact) mass is 491 g/mol. The van der Waals surface area contributed by atoms with Crippen LogP contribution >= 0.6 is 11.6 Å². The first kappa shape index (κ1) is 23.8. The third-order valence-corrected chi connectivity index (χ3v) is 6.85. The molecule has 1 aliphatic rings. The maximum atomic E-state index is 13.1. The first-order valence-electron chi connectivity index (χ1n) is 9.16. The van der Waals surface area contributed by atoms with E-state index in [1.54, 1.807) is 0 Å². The molecule has 13 heteroatoms. The van der Waals surface area contributed by atoms with Crippen LogP contribution in [0.15, 0.2) is 41.3 Å². The van der Waals surface area contributed by atoms with E-state index in [9.17, 15) is 31.2 Å². The molecule has 32 heavy (non-hydrogen) atoms. The number of alkyl halides is 3. The van der Waals surface area contributed by atoms with Crippen LogP contribution in [-0.4, -0.2) is 44.2 Å². The van der Waals surface area contributed by atoms with Crippen molar-refractivity contribution in [2.24, 2.45) is 0 Å². The first-order chi connectivity index (χ1) is 14.9. The molecule has 2 aromatic rings. The molecule has 2 aromatic carbocycles. The number of nitrogens with zero attached hydrogens (tertiary/aromatic N) is 1. The fourth-order valence-corrected chi connectivity index (χ4v) is 4.90. The van der Waals surface area contributed by atoms with Crippen molar-refractivity contribution < 1.29 is 35.9 Å². The smallest absolute Gasteiger partial charge is 0.418 e. The van der Waals surface area contributed by atoms with Crippen LogP contribution in [0.1, 0.15) is 12.5 Å².